The van der Waals surface area contributed by atoms with Gasteiger partial charge in [-0.25, -0.2) is 4.79 Å². The second-order valence-electron chi connectivity index (χ2n) is 7.47. The molecule has 0 saturated carbocycles. The Bertz CT molecular complexity index is 827. The van der Waals surface area contributed by atoms with Crippen LogP contribution in [0.2, 0.25) is 0 Å². The standard InChI is InChI=1S/C22H29N3O3/c1-4-28-22(27)20-18-15-24(21(26)16(2)3)14-12-19(18)25(23-20)13-8-11-17-9-6-5-7-10-17/h5-7,9-10,16H,4,8,11-15H2,1-3H3. The molecule has 1 aliphatic heterocycles. The van der Waals surface area contributed by atoms with E-state index in [0.29, 0.717) is 31.8 Å². The van der Waals surface area contributed by atoms with Crippen molar-refractivity contribution < 1.29 is 14.3 Å². The van der Waals surface area contributed by atoms with E-state index >= 15 is 0 Å². The third-order valence-electron chi connectivity index (χ3n) is 5.09. The Balaban J connectivity index is 1.79. The zero-order chi connectivity index (χ0) is 20.1. The van der Waals surface area contributed by atoms with E-state index in [4.69, 9.17) is 4.74 Å². The number of nitrogens with zero attached hydrogens (tertiary/aromatic N) is 3. The molecule has 0 atom stereocenters. The van der Waals surface area contributed by atoms with Gasteiger partial charge in [0.1, 0.15) is 0 Å². The maximum Gasteiger partial charge on any atom is 0.359 e. The maximum atomic E-state index is 12.4. The maximum absolute atomic E-state index is 12.4. The van der Waals surface area contributed by atoms with E-state index in [1.165, 1.54) is 5.56 Å². The van der Waals surface area contributed by atoms with E-state index in [9.17, 15) is 9.59 Å². The zero-order valence-corrected chi connectivity index (χ0v) is 17.0. The van der Waals surface area contributed by atoms with E-state index < -0.39 is 5.97 Å². The van der Waals surface area contributed by atoms with Gasteiger partial charge in [-0.15, -0.1) is 0 Å². The SMILES string of the molecule is CCOC(=O)c1nn(CCCc2ccccc2)c2c1CN(C(=O)C(C)C)CC2. The first kappa shape index (κ1) is 20.1. The molecule has 0 fully saturated rings. The molecular formula is C22H29N3O3. The number of carbonyl (C=O) groups excluding carboxylic acids is 2. The van der Waals surface area contributed by atoms with Gasteiger partial charge in [0.25, 0.3) is 0 Å². The van der Waals surface area contributed by atoms with Crippen molar-refractivity contribution in [3.05, 3.63) is 52.8 Å². The lowest BCUT2D eigenvalue weighted by Gasteiger charge is -2.29. The minimum Gasteiger partial charge on any atom is -0.461 e. The summed E-state index contributed by atoms with van der Waals surface area (Å²) in [4.78, 5) is 26.7. The number of amides is 1. The Labute approximate surface area is 166 Å². The van der Waals surface area contributed by atoms with E-state index in [-0.39, 0.29) is 11.8 Å². The summed E-state index contributed by atoms with van der Waals surface area (Å²) in [6, 6.07) is 10.4. The summed E-state index contributed by atoms with van der Waals surface area (Å²) < 4.78 is 7.15. The number of rotatable bonds is 7. The largest absolute Gasteiger partial charge is 0.461 e. The van der Waals surface area contributed by atoms with Crippen LogP contribution in [0, 0.1) is 5.92 Å². The average Bonchev–Trinajstić information content (AvgIpc) is 3.06. The normalized spacial score (nSPS) is 13.5. The van der Waals surface area contributed by atoms with Crippen LogP contribution in [0.25, 0.3) is 0 Å². The molecule has 2 aromatic rings. The molecule has 1 aromatic carbocycles. The zero-order valence-electron chi connectivity index (χ0n) is 17.0. The lowest BCUT2D eigenvalue weighted by atomic mass is 10.0. The van der Waals surface area contributed by atoms with Crippen molar-refractivity contribution in [2.24, 2.45) is 5.92 Å². The Morgan fingerprint density at radius 2 is 1.96 bits per heavy atom. The molecule has 0 radical (unpaired) electrons. The summed E-state index contributed by atoms with van der Waals surface area (Å²) in [5, 5.41) is 4.58. The van der Waals surface area contributed by atoms with Crippen molar-refractivity contribution in [2.45, 2.75) is 53.1 Å². The summed E-state index contributed by atoms with van der Waals surface area (Å²) in [5.41, 5.74) is 3.56. The van der Waals surface area contributed by atoms with Gasteiger partial charge < -0.3 is 9.64 Å². The van der Waals surface area contributed by atoms with Crippen LogP contribution >= 0.6 is 0 Å². The second kappa shape index (κ2) is 9.04. The molecular weight excluding hydrogens is 354 g/mol. The molecule has 28 heavy (non-hydrogen) atoms. The van der Waals surface area contributed by atoms with Crippen LogP contribution in [0.15, 0.2) is 30.3 Å². The molecule has 2 heterocycles. The smallest absolute Gasteiger partial charge is 0.359 e. The van der Waals surface area contributed by atoms with Gasteiger partial charge in [0.15, 0.2) is 5.69 Å². The van der Waals surface area contributed by atoms with Crippen molar-refractivity contribution >= 4 is 11.9 Å². The molecule has 1 amide bonds. The molecule has 0 saturated heterocycles. The van der Waals surface area contributed by atoms with Gasteiger partial charge in [-0.2, -0.15) is 5.10 Å². The Hall–Kier alpha value is -2.63. The average molecular weight is 383 g/mol. The molecule has 0 spiro atoms. The van der Waals surface area contributed by atoms with Crippen LogP contribution < -0.4 is 0 Å². The molecule has 0 bridgehead atoms. The fraction of sp³-hybridized carbons (Fsp3) is 0.500. The molecule has 3 rings (SSSR count). The highest BCUT2D eigenvalue weighted by Gasteiger charge is 2.31. The number of hydrogen-bond acceptors (Lipinski definition) is 4. The van der Waals surface area contributed by atoms with E-state index in [2.05, 4.69) is 17.2 Å². The second-order valence-corrected chi connectivity index (χ2v) is 7.47. The predicted molar refractivity (Wildman–Crippen MR) is 107 cm³/mol. The van der Waals surface area contributed by atoms with Crippen molar-refractivity contribution in [1.29, 1.82) is 0 Å². The van der Waals surface area contributed by atoms with Crippen molar-refractivity contribution in [3.63, 3.8) is 0 Å². The van der Waals surface area contributed by atoms with Crippen molar-refractivity contribution in [3.8, 4) is 0 Å². The number of hydrogen-bond donors (Lipinski definition) is 0. The number of fused-ring (bicyclic) bond motifs is 1. The highest BCUT2D eigenvalue weighted by atomic mass is 16.5. The molecule has 0 unspecified atom stereocenters. The Morgan fingerprint density at radius 1 is 1.21 bits per heavy atom. The van der Waals surface area contributed by atoms with Gasteiger partial charge in [-0.1, -0.05) is 44.2 Å². The lowest BCUT2D eigenvalue weighted by molar-refractivity contribution is -0.135. The summed E-state index contributed by atoms with van der Waals surface area (Å²) >= 11 is 0. The monoisotopic (exact) mass is 383 g/mol. The van der Waals surface area contributed by atoms with E-state index in [1.54, 1.807) is 6.92 Å². The van der Waals surface area contributed by atoms with Crippen molar-refractivity contribution in [2.75, 3.05) is 13.2 Å². The molecule has 6 nitrogen and oxygen atoms in total. The Kier molecular flexibility index (Phi) is 6.49. The van der Waals surface area contributed by atoms with Gasteiger partial charge in [-0.05, 0) is 25.3 Å². The molecule has 6 heteroatoms. The minimum atomic E-state index is -0.403. The quantitative estimate of drug-likeness (QED) is 0.689. The third-order valence-corrected chi connectivity index (χ3v) is 5.09. The van der Waals surface area contributed by atoms with Crippen LogP contribution in [0.3, 0.4) is 0 Å². The first-order chi connectivity index (χ1) is 13.5. The van der Waals surface area contributed by atoms with E-state index in [1.807, 2.05) is 41.6 Å². The predicted octanol–water partition coefficient (Wildman–Crippen LogP) is 3.23. The van der Waals surface area contributed by atoms with Crippen LogP contribution in [0.1, 0.15) is 54.5 Å². The number of aromatic nitrogens is 2. The van der Waals surface area contributed by atoms with Gasteiger partial charge in [0.2, 0.25) is 5.91 Å². The van der Waals surface area contributed by atoms with Crippen LogP contribution in [0.5, 0.6) is 0 Å². The number of benzene rings is 1. The first-order valence-electron chi connectivity index (χ1n) is 10.1. The lowest BCUT2D eigenvalue weighted by Crippen LogP contribution is -2.39. The number of aryl methyl sites for hydroxylation is 2. The first-order valence-corrected chi connectivity index (χ1v) is 10.1. The van der Waals surface area contributed by atoms with E-state index in [0.717, 1.165) is 30.6 Å². The molecule has 0 N–H and O–H groups in total. The number of carbonyl (C=O) groups is 2. The van der Waals surface area contributed by atoms with Crippen LogP contribution in [-0.4, -0.2) is 39.7 Å². The molecule has 1 aromatic heterocycles. The van der Waals surface area contributed by atoms with Gasteiger partial charge in [0.05, 0.1) is 6.61 Å². The molecule has 150 valence electrons. The van der Waals surface area contributed by atoms with Gasteiger partial charge in [0, 0.05) is 43.2 Å². The minimum absolute atomic E-state index is 0.0616. The summed E-state index contributed by atoms with van der Waals surface area (Å²) in [5.74, 6) is -0.356. The third kappa shape index (κ3) is 4.43. The summed E-state index contributed by atoms with van der Waals surface area (Å²) in [7, 11) is 0. The molecule has 0 aliphatic carbocycles. The fourth-order valence-corrected chi connectivity index (χ4v) is 3.67. The topological polar surface area (TPSA) is 64.4 Å². The summed E-state index contributed by atoms with van der Waals surface area (Å²) in [6.45, 7) is 7.73. The number of esters is 1. The summed E-state index contributed by atoms with van der Waals surface area (Å²) in [6.07, 6.45) is 2.61. The van der Waals surface area contributed by atoms with Crippen molar-refractivity contribution in [1.82, 2.24) is 14.7 Å². The van der Waals surface area contributed by atoms with Gasteiger partial charge >= 0.3 is 5.97 Å². The molecule has 1 aliphatic rings. The highest BCUT2D eigenvalue weighted by Crippen LogP contribution is 2.25. The number of ether oxygens (including phenoxy) is 1. The Morgan fingerprint density at radius 3 is 2.64 bits per heavy atom. The fourth-order valence-electron chi connectivity index (χ4n) is 3.67. The van der Waals surface area contributed by atoms with Crippen LogP contribution in [0.4, 0.5) is 0 Å². The highest BCUT2D eigenvalue weighted by molar-refractivity contribution is 5.89. The van der Waals surface area contributed by atoms with Crippen LogP contribution in [-0.2, 0) is 35.5 Å². The van der Waals surface area contributed by atoms with Gasteiger partial charge in [-0.3, -0.25) is 9.48 Å².